The molecule has 1 aromatic heterocycles. The third-order valence-electron chi connectivity index (χ3n) is 10.2. The Balaban J connectivity index is 1.45. The van der Waals surface area contributed by atoms with Crippen LogP contribution >= 0.6 is 0 Å². The quantitative estimate of drug-likeness (QED) is 0.201. The Hall–Kier alpha value is -4.62. The molecule has 2 aliphatic carbocycles. The molecule has 7 aromatic rings. The molecule has 0 bridgehead atoms. The lowest BCUT2D eigenvalue weighted by Gasteiger charge is -2.24. The number of rotatable bonds is 1. The van der Waals surface area contributed by atoms with Crippen molar-refractivity contribution in [2.75, 3.05) is 0 Å². The van der Waals surface area contributed by atoms with Crippen molar-refractivity contribution < 1.29 is 0 Å². The summed E-state index contributed by atoms with van der Waals surface area (Å²) in [6, 6.07) is 43.3. The minimum atomic E-state index is -0.0953. The summed E-state index contributed by atoms with van der Waals surface area (Å²) in [6.07, 6.45) is 0. The lowest BCUT2D eigenvalue weighted by atomic mass is 9.80. The number of hydrogen-bond acceptors (Lipinski definition) is 0. The molecular weight excluding hydrogens is 494 g/mol. The molecular formula is C40H31N. The molecule has 41 heavy (non-hydrogen) atoms. The molecule has 0 saturated carbocycles. The van der Waals surface area contributed by atoms with Gasteiger partial charge in [0.2, 0.25) is 0 Å². The Bertz CT molecular complexity index is 2260. The van der Waals surface area contributed by atoms with Crippen molar-refractivity contribution in [2.45, 2.75) is 38.5 Å². The molecule has 0 aliphatic heterocycles. The molecule has 0 atom stereocenters. The third kappa shape index (κ3) is 2.77. The Morgan fingerprint density at radius 3 is 1.93 bits per heavy atom. The van der Waals surface area contributed by atoms with E-state index in [-0.39, 0.29) is 10.8 Å². The van der Waals surface area contributed by atoms with Crippen molar-refractivity contribution in [2.24, 2.45) is 0 Å². The van der Waals surface area contributed by atoms with Crippen molar-refractivity contribution in [1.29, 1.82) is 0 Å². The van der Waals surface area contributed by atoms with Gasteiger partial charge in [-0.1, -0.05) is 125 Å². The van der Waals surface area contributed by atoms with E-state index in [9.17, 15) is 0 Å². The van der Waals surface area contributed by atoms with Gasteiger partial charge in [0.25, 0.3) is 0 Å². The van der Waals surface area contributed by atoms with Crippen LogP contribution in [0, 0.1) is 0 Å². The average Bonchev–Trinajstić information content (AvgIpc) is 3.54. The van der Waals surface area contributed by atoms with Gasteiger partial charge in [-0.3, -0.25) is 0 Å². The maximum Gasteiger partial charge on any atom is 0.0622 e. The van der Waals surface area contributed by atoms with Gasteiger partial charge in [-0.05, 0) is 68.1 Å². The summed E-state index contributed by atoms with van der Waals surface area (Å²) in [5.41, 5.74) is 14.8. The maximum atomic E-state index is 2.54. The molecule has 0 amide bonds. The number of benzene rings is 6. The molecule has 0 saturated heterocycles. The van der Waals surface area contributed by atoms with E-state index >= 15 is 0 Å². The summed E-state index contributed by atoms with van der Waals surface area (Å²) in [5, 5.41) is 5.29. The molecule has 2 aliphatic rings. The monoisotopic (exact) mass is 525 g/mol. The number of para-hydroxylation sites is 1. The predicted octanol–water partition coefficient (Wildman–Crippen LogP) is 10.5. The van der Waals surface area contributed by atoms with Crippen molar-refractivity contribution in [3.8, 4) is 27.9 Å². The molecule has 9 rings (SSSR count). The third-order valence-corrected chi connectivity index (χ3v) is 10.2. The standard InChI is InChI=1S/C40H31N/c1-39(2)32-14-8-6-12-27(32)31-23-25(19-22-34(31)39)41-35-16-10-7-13-28(35)30-21-18-24-17-20-29-26-11-5-9-15-33(26)40(3,4)37(29)36(24)38(30)41/h5-23H,1-4H3. The highest BCUT2D eigenvalue weighted by Crippen LogP contribution is 2.54. The minimum absolute atomic E-state index is 0.00536. The van der Waals surface area contributed by atoms with Crippen LogP contribution in [0.15, 0.2) is 115 Å². The number of fused-ring (bicyclic) bond motifs is 12. The zero-order chi connectivity index (χ0) is 27.7. The van der Waals surface area contributed by atoms with Gasteiger partial charge in [0.1, 0.15) is 0 Å². The first-order chi connectivity index (χ1) is 19.9. The summed E-state index contributed by atoms with van der Waals surface area (Å²) in [5.74, 6) is 0. The van der Waals surface area contributed by atoms with Crippen LogP contribution in [-0.2, 0) is 10.8 Å². The SMILES string of the molecule is CC1(C)c2ccccc2-c2cc(-n3c4ccccc4c4ccc5ccc6c(c5c43)C(C)(C)c3ccccc3-6)ccc21. The molecule has 0 unspecified atom stereocenters. The van der Waals surface area contributed by atoms with Gasteiger partial charge in [-0.25, -0.2) is 0 Å². The first-order valence-corrected chi connectivity index (χ1v) is 14.7. The second-order valence-electron chi connectivity index (χ2n) is 13.0. The molecule has 196 valence electrons. The van der Waals surface area contributed by atoms with E-state index in [2.05, 4.69) is 148 Å². The highest BCUT2D eigenvalue weighted by molar-refractivity contribution is 6.21. The van der Waals surface area contributed by atoms with Crippen molar-refractivity contribution in [3.63, 3.8) is 0 Å². The van der Waals surface area contributed by atoms with Gasteiger partial charge in [0, 0.05) is 32.7 Å². The van der Waals surface area contributed by atoms with Gasteiger partial charge in [0.15, 0.2) is 0 Å². The highest BCUT2D eigenvalue weighted by atomic mass is 15.0. The molecule has 0 radical (unpaired) electrons. The predicted molar refractivity (Wildman–Crippen MR) is 173 cm³/mol. The summed E-state index contributed by atoms with van der Waals surface area (Å²) < 4.78 is 2.54. The van der Waals surface area contributed by atoms with Crippen LogP contribution in [0.3, 0.4) is 0 Å². The molecule has 1 heterocycles. The lowest BCUT2D eigenvalue weighted by Crippen LogP contribution is -2.16. The van der Waals surface area contributed by atoms with E-state index in [0.717, 1.165) is 0 Å². The van der Waals surface area contributed by atoms with E-state index in [1.54, 1.807) is 0 Å². The fourth-order valence-corrected chi connectivity index (χ4v) is 8.25. The number of hydrogen-bond donors (Lipinski definition) is 0. The van der Waals surface area contributed by atoms with E-state index in [0.29, 0.717) is 0 Å². The first-order valence-electron chi connectivity index (χ1n) is 14.7. The normalized spacial score (nSPS) is 15.7. The van der Waals surface area contributed by atoms with Gasteiger partial charge in [-0.15, -0.1) is 0 Å². The van der Waals surface area contributed by atoms with Crippen LogP contribution in [0.25, 0.3) is 60.5 Å². The van der Waals surface area contributed by atoms with Crippen LogP contribution < -0.4 is 0 Å². The van der Waals surface area contributed by atoms with Crippen molar-refractivity contribution in [1.82, 2.24) is 4.57 Å². The van der Waals surface area contributed by atoms with Crippen LogP contribution in [0.4, 0.5) is 0 Å². The Morgan fingerprint density at radius 1 is 0.488 bits per heavy atom. The van der Waals surface area contributed by atoms with Crippen LogP contribution in [0.5, 0.6) is 0 Å². The fraction of sp³-hybridized carbons (Fsp3) is 0.150. The number of aromatic nitrogens is 1. The second kappa shape index (κ2) is 7.56. The first kappa shape index (κ1) is 23.1. The maximum absolute atomic E-state index is 2.54. The smallest absolute Gasteiger partial charge is 0.0622 e. The topological polar surface area (TPSA) is 4.93 Å². The Morgan fingerprint density at radius 2 is 1.12 bits per heavy atom. The van der Waals surface area contributed by atoms with Gasteiger partial charge < -0.3 is 4.57 Å². The molecule has 1 nitrogen and oxygen atoms in total. The van der Waals surface area contributed by atoms with Crippen LogP contribution in [0.1, 0.15) is 49.9 Å². The van der Waals surface area contributed by atoms with Gasteiger partial charge in [-0.2, -0.15) is 0 Å². The fourth-order valence-electron chi connectivity index (χ4n) is 8.25. The van der Waals surface area contributed by atoms with E-state index < -0.39 is 0 Å². The van der Waals surface area contributed by atoms with Gasteiger partial charge >= 0.3 is 0 Å². The summed E-state index contributed by atoms with van der Waals surface area (Å²) >= 11 is 0. The number of nitrogens with zero attached hydrogens (tertiary/aromatic N) is 1. The molecule has 0 spiro atoms. The molecule has 6 aromatic carbocycles. The van der Waals surface area contributed by atoms with Crippen LogP contribution in [-0.4, -0.2) is 4.57 Å². The van der Waals surface area contributed by atoms with Crippen molar-refractivity contribution >= 4 is 32.6 Å². The zero-order valence-corrected chi connectivity index (χ0v) is 23.9. The Kier molecular flexibility index (Phi) is 4.26. The minimum Gasteiger partial charge on any atom is -0.309 e. The largest absolute Gasteiger partial charge is 0.309 e. The van der Waals surface area contributed by atoms with Crippen molar-refractivity contribution in [3.05, 3.63) is 138 Å². The molecule has 0 fully saturated rings. The lowest BCUT2D eigenvalue weighted by molar-refractivity contribution is 0.660. The summed E-state index contributed by atoms with van der Waals surface area (Å²) in [4.78, 5) is 0. The van der Waals surface area contributed by atoms with Gasteiger partial charge in [0.05, 0.1) is 11.0 Å². The highest BCUT2D eigenvalue weighted by Gasteiger charge is 2.38. The summed E-state index contributed by atoms with van der Waals surface area (Å²) in [6.45, 7) is 9.51. The van der Waals surface area contributed by atoms with Crippen LogP contribution in [0.2, 0.25) is 0 Å². The molecule has 0 N–H and O–H groups in total. The second-order valence-corrected chi connectivity index (χ2v) is 13.0. The Labute approximate surface area is 240 Å². The average molecular weight is 526 g/mol. The van der Waals surface area contributed by atoms with E-state index in [4.69, 9.17) is 0 Å². The summed E-state index contributed by atoms with van der Waals surface area (Å²) in [7, 11) is 0. The van der Waals surface area contributed by atoms with E-state index in [1.807, 2.05) is 0 Å². The zero-order valence-electron chi connectivity index (χ0n) is 23.9. The molecule has 1 heteroatoms. The van der Waals surface area contributed by atoms with E-state index in [1.165, 1.54) is 82.8 Å².